The van der Waals surface area contributed by atoms with Gasteiger partial charge in [0.25, 0.3) is 0 Å². The molecule has 5 heteroatoms. The van der Waals surface area contributed by atoms with Crippen molar-refractivity contribution in [2.24, 2.45) is 0 Å². The highest BCUT2D eigenvalue weighted by molar-refractivity contribution is 5.74. The van der Waals surface area contributed by atoms with E-state index in [2.05, 4.69) is 10.6 Å². The Kier molecular flexibility index (Phi) is 7.33. The lowest BCUT2D eigenvalue weighted by Crippen LogP contribution is -2.45. The lowest BCUT2D eigenvalue weighted by molar-refractivity contribution is -0.137. The van der Waals surface area contributed by atoms with E-state index < -0.39 is 5.97 Å². The molecule has 0 aromatic carbocycles. The molecule has 1 unspecified atom stereocenters. The van der Waals surface area contributed by atoms with Gasteiger partial charge in [0.05, 0.1) is 0 Å². The summed E-state index contributed by atoms with van der Waals surface area (Å²) in [7, 11) is 0. The molecule has 0 spiro atoms. The van der Waals surface area contributed by atoms with E-state index in [9.17, 15) is 9.59 Å². The highest BCUT2D eigenvalue weighted by atomic mass is 16.4. The molecule has 0 bridgehead atoms. The lowest BCUT2D eigenvalue weighted by Gasteiger charge is -2.18. The summed E-state index contributed by atoms with van der Waals surface area (Å²) in [5, 5.41) is 14.0. The smallest absolute Gasteiger partial charge is 0.315 e. The van der Waals surface area contributed by atoms with Gasteiger partial charge in [-0.2, -0.15) is 0 Å². The first-order chi connectivity index (χ1) is 7.49. The van der Waals surface area contributed by atoms with Crippen molar-refractivity contribution in [2.75, 3.05) is 0 Å². The second-order valence-corrected chi connectivity index (χ2v) is 3.96. The number of nitrogens with one attached hydrogen (secondary N) is 2. The van der Waals surface area contributed by atoms with Crippen LogP contribution in [0.2, 0.25) is 0 Å². The molecular weight excluding hydrogens is 208 g/mol. The van der Waals surface area contributed by atoms with Gasteiger partial charge in [0.1, 0.15) is 0 Å². The van der Waals surface area contributed by atoms with Crippen molar-refractivity contribution < 1.29 is 14.7 Å². The number of carbonyl (C=O) groups excluding carboxylic acids is 1. The second kappa shape index (κ2) is 7.96. The summed E-state index contributed by atoms with van der Waals surface area (Å²) in [4.78, 5) is 21.8. The van der Waals surface area contributed by atoms with Crippen molar-refractivity contribution in [3.8, 4) is 0 Å². The predicted molar refractivity (Wildman–Crippen MR) is 62.4 cm³/mol. The molecule has 0 heterocycles. The molecule has 0 aliphatic rings. The van der Waals surface area contributed by atoms with E-state index in [-0.39, 0.29) is 24.5 Å². The minimum Gasteiger partial charge on any atom is -0.481 e. The summed E-state index contributed by atoms with van der Waals surface area (Å²) in [6.45, 7) is 5.83. The van der Waals surface area contributed by atoms with Gasteiger partial charge in [-0.15, -0.1) is 0 Å². The summed E-state index contributed by atoms with van der Waals surface area (Å²) in [6.07, 6.45) is 2.32. The molecule has 0 rings (SSSR count). The summed E-state index contributed by atoms with van der Waals surface area (Å²) in [5.41, 5.74) is 0. The number of hydrogen-bond acceptors (Lipinski definition) is 2. The molecule has 0 aliphatic carbocycles. The van der Waals surface area contributed by atoms with E-state index in [4.69, 9.17) is 5.11 Å². The van der Waals surface area contributed by atoms with E-state index in [0.717, 1.165) is 12.8 Å². The average Bonchev–Trinajstić information content (AvgIpc) is 2.23. The second-order valence-electron chi connectivity index (χ2n) is 3.96. The maximum atomic E-state index is 11.5. The molecule has 0 fully saturated rings. The van der Waals surface area contributed by atoms with Gasteiger partial charge in [0.2, 0.25) is 0 Å². The van der Waals surface area contributed by atoms with Crippen LogP contribution in [0, 0.1) is 0 Å². The first-order valence-corrected chi connectivity index (χ1v) is 5.78. The van der Waals surface area contributed by atoms with Crippen molar-refractivity contribution in [1.82, 2.24) is 10.6 Å². The molecule has 0 aromatic heterocycles. The molecule has 5 nitrogen and oxygen atoms in total. The zero-order valence-corrected chi connectivity index (χ0v) is 10.2. The number of rotatable bonds is 7. The highest BCUT2D eigenvalue weighted by Gasteiger charge is 2.11. The van der Waals surface area contributed by atoms with Gasteiger partial charge in [0, 0.05) is 18.5 Å². The Bertz CT molecular complexity index is 227. The van der Waals surface area contributed by atoms with Crippen LogP contribution in [0.1, 0.15) is 46.5 Å². The summed E-state index contributed by atoms with van der Waals surface area (Å²) in [5.74, 6) is -0.839. The minimum atomic E-state index is -0.839. The molecule has 0 saturated heterocycles. The first-order valence-electron chi connectivity index (χ1n) is 5.78. The number of amides is 2. The van der Waals surface area contributed by atoms with Crippen molar-refractivity contribution in [1.29, 1.82) is 0 Å². The van der Waals surface area contributed by atoms with E-state index in [1.807, 2.05) is 13.8 Å². The van der Waals surface area contributed by atoms with Gasteiger partial charge in [-0.25, -0.2) is 4.79 Å². The number of carbonyl (C=O) groups is 2. The number of urea groups is 1. The Morgan fingerprint density at radius 3 is 2.19 bits per heavy atom. The first kappa shape index (κ1) is 14.7. The van der Waals surface area contributed by atoms with Crippen LogP contribution in [0.3, 0.4) is 0 Å². The van der Waals surface area contributed by atoms with Crippen molar-refractivity contribution in [2.45, 2.75) is 58.5 Å². The van der Waals surface area contributed by atoms with Crippen LogP contribution in [0.5, 0.6) is 0 Å². The number of aliphatic carboxylic acids is 1. The molecule has 0 aromatic rings. The maximum absolute atomic E-state index is 11.5. The topological polar surface area (TPSA) is 78.4 Å². The Balaban J connectivity index is 3.81. The SMILES string of the molecule is CCC(CC)NC(=O)NC(C)CCC(=O)O. The molecule has 16 heavy (non-hydrogen) atoms. The lowest BCUT2D eigenvalue weighted by atomic mass is 10.1. The average molecular weight is 230 g/mol. The van der Waals surface area contributed by atoms with Crippen molar-refractivity contribution >= 4 is 12.0 Å². The summed E-state index contributed by atoms with van der Waals surface area (Å²) < 4.78 is 0. The monoisotopic (exact) mass is 230 g/mol. The quantitative estimate of drug-likeness (QED) is 0.623. The fourth-order valence-corrected chi connectivity index (χ4v) is 1.36. The molecule has 0 saturated carbocycles. The van der Waals surface area contributed by atoms with Crippen molar-refractivity contribution in [3.63, 3.8) is 0 Å². The van der Waals surface area contributed by atoms with Gasteiger partial charge in [-0.3, -0.25) is 4.79 Å². The van der Waals surface area contributed by atoms with Gasteiger partial charge < -0.3 is 15.7 Å². The van der Waals surface area contributed by atoms with Crippen LogP contribution >= 0.6 is 0 Å². The maximum Gasteiger partial charge on any atom is 0.315 e. The standard InChI is InChI=1S/C11H22N2O3/c1-4-9(5-2)13-11(16)12-8(3)6-7-10(14)15/h8-9H,4-7H2,1-3H3,(H,14,15)(H2,12,13,16). The predicted octanol–water partition coefficient (Wildman–Crippen LogP) is 1.73. The van der Waals surface area contributed by atoms with Gasteiger partial charge in [-0.1, -0.05) is 13.8 Å². The Morgan fingerprint density at radius 2 is 1.75 bits per heavy atom. The zero-order chi connectivity index (χ0) is 12.6. The minimum absolute atomic E-state index is 0.0758. The van der Waals surface area contributed by atoms with Crippen LogP contribution < -0.4 is 10.6 Å². The molecular formula is C11H22N2O3. The van der Waals surface area contributed by atoms with E-state index in [1.54, 1.807) is 6.92 Å². The van der Waals surface area contributed by atoms with Gasteiger partial charge in [0.15, 0.2) is 0 Å². The molecule has 0 radical (unpaired) electrons. The van der Waals surface area contributed by atoms with Crippen LogP contribution in [0.4, 0.5) is 4.79 Å². The Morgan fingerprint density at radius 1 is 1.19 bits per heavy atom. The molecule has 1 atom stereocenters. The highest BCUT2D eigenvalue weighted by Crippen LogP contribution is 1.98. The summed E-state index contributed by atoms with van der Waals surface area (Å²) >= 11 is 0. The number of carboxylic acids is 1. The fourth-order valence-electron chi connectivity index (χ4n) is 1.36. The molecule has 0 aliphatic heterocycles. The molecule has 3 N–H and O–H groups in total. The Labute approximate surface area is 96.6 Å². The number of hydrogen-bond donors (Lipinski definition) is 3. The molecule has 2 amide bonds. The zero-order valence-electron chi connectivity index (χ0n) is 10.2. The van der Waals surface area contributed by atoms with Crippen molar-refractivity contribution in [3.05, 3.63) is 0 Å². The Hall–Kier alpha value is -1.26. The van der Waals surface area contributed by atoms with Crippen LogP contribution in [0.25, 0.3) is 0 Å². The van der Waals surface area contributed by atoms with Crippen LogP contribution in [-0.4, -0.2) is 29.2 Å². The van der Waals surface area contributed by atoms with E-state index >= 15 is 0 Å². The third-order valence-corrected chi connectivity index (χ3v) is 2.49. The number of carboxylic acid groups (broad SMARTS) is 1. The largest absolute Gasteiger partial charge is 0.481 e. The van der Waals surface area contributed by atoms with Crippen LogP contribution in [0.15, 0.2) is 0 Å². The normalized spacial score (nSPS) is 12.2. The van der Waals surface area contributed by atoms with E-state index in [1.165, 1.54) is 0 Å². The fraction of sp³-hybridized carbons (Fsp3) is 0.818. The molecule has 94 valence electrons. The summed E-state index contributed by atoms with van der Waals surface area (Å²) in [6, 6.07) is -0.149. The third kappa shape index (κ3) is 7.09. The third-order valence-electron chi connectivity index (χ3n) is 2.49. The van der Waals surface area contributed by atoms with Gasteiger partial charge in [-0.05, 0) is 26.2 Å². The van der Waals surface area contributed by atoms with Gasteiger partial charge >= 0.3 is 12.0 Å². The van der Waals surface area contributed by atoms with E-state index in [0.29, 0.717) is 6.42 Å². The van der Waals surface area contributed by atoms with Crippen LogP contribution in [-0.2, 0) is 4.79 Å².